The van der Waals surface area contributed by atoms with Crippen LogP contribution in [-0.2, 0) is 0 Å². The number of benzene rings is 1. The number of nitrogens with one attached hydrogen (secondary N) is 1. The van der Waals surface area contributed by atoms with Gasteiger partial charge < -0.3 is 16.2 Å². The fourth-order valence-electron chi connectivity index (χ4n) is 1.41. The zero-order valence-electron chi connectivity index (χ0n) is 9.74. The van der Waals surface area contributed by atoms with E-state index in [1.165, 1.54) is 12.1 Å². The Morgan fingerprint density at radius 3 is 2.94 bits per heavy atom. The molecule has 0 heterocycles. The lowest BCUT2D eigenvalue weighted by Crippen LogP contribution is -2.29. The lowest BCUT2D eigenvalue weighted by Gasteiger charge is -2.12. The molecule has 0 spiro atoms. The van der Waals surface area contributed by atoms with Crippen molar-refractivity contribution in [3.8, 4) is 0 Å². The van der Waals surface area contributed by atoms with Gasteiger partial charge in [0.25, 0.3) is 5.91 Å². The third kappa shape index (κ3) is 4.03. The van der Waals surface area contributed by atoms with Crippen LogP contribution < -0.4 is 11.1 Å². The SMILES string of the molecule is CC(CCO)CNC(=O)c1cc(F)ccc1N. The second-order valence-electron chi connectivity index (χ2n) is 4.06. The molecule has 1 unspecified atom stereocenters. The Kier molecular flexibility index (Phi) is 4.90. The molecule has 4 nitrogen and oxygen atoms in total. The summed E-state index contributed by atoms with van der Waals surface area (Å²) < 4.78 is 13.0. The highest BCUT2D eigenvalue weighted by Gasteiger charge is 2.11. The standard InChI is InChI=1S/C12H17FN2O2/c1-8(4-5-16)7-15-12(17)10-6-9(13)2-3-11(10)14/h2-3,6,8,16H,4-5,7,14H2,1H3,(H,15,17). The molecule has 5 heteroatoms. The zero-order chi connectivity index (χ0) is 12.8. The van der Waals surface area contributed by atoms with Crippen molar-refractivity contribution in [1.29, 1.82) is 0 Å². The molecule has 1 rings (SSSR count). The molecule has 0 aliphatic carbocycles. The van der Waals surface area contributed by atoms with Gasteiger partial charge in [-0.15, -0.1) is 0 Å². The van der Waals surface area contributed by atoms with Gasteiger partial charge >= 0.3 is 0 Å². The number of nitrogen functional groups attached to an aromatic ring is 1. The Bertz CT molecular complexity index is 396. The average Bonchev–Trinajstić information content (AvgIpc) is 2.29. The molecule has 1 amide bonds. The Balaban J connectivity index is 2.61. The van der Waals surface area contributed by atoms with Gasteiger partial charge in [0.15, 0.2) is 0 Å². The number of hydrogen-bond donors (Lipinski definition) is 3. The van der Waals surface area contributed by atoms with Crippen LogP contribution in [0.5, 0.6) is 0 Å². The lowest BCUT2D eigenvalue weighted by atomic mass is 10.1. The monoisotopic (exact) mass is 240 g/mol. The Labute approximate surface area is 99.6 Å². The molecule has 1 atom stereocenters. The van der Waals surface area contributed by atoms with Crippen LogP contribution in [0.1, 0.15) is 23.7 Å². The van der Waals surface area contributed by atoms with E-state index in [4.69, 9.17) is 10.8 Å². The minimum Gasteiger partial charge on any atom is -0.398 e. The van der Waals surface area contributed by atoms with E-state index in [2.05, 4.69) is 5.32 Å². The van der Waals surface area contributed by atoms with Crippen LogP contribution >= 0.6 is 0 Å². The number of nitrogens with two attached hydrogens (primary N) is 1. The summed E-state index contributed by atoms with van der Waals surface area (Å²) >= 11 is 0. The summed E-state index contributed by atoms with van der Waals surface area (Å²) in [6, 6.07) is 3.68. The molecule has 0 bridgehead atoms. The molecule has 17 heavy (non-hydrogen) atoms. The minimum atomic E-state index is -0.493. The number of carbonyl (C=O) groups is 1. The van der Waals surface area contributed by atoms with Gasteiger partial charge in [0, 0.05) is 18.8 Å². The average molecular weight is 240 g/mol. The van der Waals surface area contributed by atoms with Crippen molar-refractivity contribution in [2.45, 2.75) is 13.3 Å². The fourth-order valence-corrected chi connectivity index (χ4v) is 1.41. The Hall–Kier alpha value is -1.62. The van der Waals surface area contributed by atoms with Gasteiger partial charge in [-0.3, -0.25) is 4.79 Å². The van der Waals surface area contributed by atoms with Crippen LogP contribution in [0.4, 0.5) is 10.1 Å². The van der Waals surface area contributed by atoms with Crippen LogP contribution in [0.15, 0.2) is 18.2 Å². The van der Waals surface area contributed by atoms with Gasteiger partial charge in [0.05, 0.1) is 5.56 Å². The van der Waals surface area contributed by atoms with Crippen LogP contribution in [0.2, 0.25) is 0 Å². The molecular formula is C12H17FN2O2. The largest absolute Gasteiger partial charge is 0.398 e. The highest BCUT2D eigenvalue weighted by atomic mass is 19.1. The quantitative estimate of drug-likeness (QED) is 0.676. The van der Waals surface area contributed by atoms with Gasteiger partial charge in [-0.25, -0.2) is 4.39 Å². The normalized spacial score (nSPS) is 12.2. The van der Waals surface area contributed by atoms with Gasteiger partial charge in [-0.1, -0.05) is 6.92 Å². The van der Waals surface area contributed by atoms with Crippen molar-refractivity contribution in [2.75, 3.05) is 18.9 Å². The maximum absolute atomic E-state index is 13.0. The molecule has 4 N–H and O–H groups in total. The third-order valence-corrected chi connectivity index (χ3v) is 2.49. The number of hydrogen-bond acceptors (Lipinski definition) is 3. The van der Waals surface area contributed by atoms with Crippen LogP contribution in [0.25, 0.3) is 0 Å². The first-order valence-electron chi connectivity index (χ1n) is 5.48. The molecule has 0 aliphatic heterocycles. The zero-order valence-corrected chi connectivity index (χ0v) is 9.74. The summed E-state index contributed by atoms with van der Waals surface area (Å²) in [4.78, 5) is 11.7. The van der Waals surface area contributed by atoms with E-state index in [1.807, 2.05) is 6.92 Å². The molecule has 0 aromatic heterocycles. The topological polar surface area (TPSA) is 75.3 Å². The van der Waals surface area contributed by atoms with Crippen molar-refractivity contribution < 1.29 is 14.3 Å². The summed E-state index contributed by atoms with van der Waals surface area (Å²) in [5.41, 5.74) is 5.98. The number of rotatable bonds is 5. The Morgan fingerprint density at radius 2 is 2.29 bits per heavy atom. The van der Waals surface area contributed by atoms with Crippen LogP contribution in [-0.4, -0.2) is 24.2 Å². The van der Waals surface area contributed by atoms with E-state index < -0.39 is 11.7 Å². The van der Waals surface area contributed by atoms with Crippen molar-refractivity contribution in [3.63, 3.8) is 0 Å². The highest BCUT2D eigenvalue weighted by Crippen LogP contribution is 2.13. The first-order chi connectivity index (χ1) is 8.04. The molecule has 0 fully saturated rings. The number of amides is 1. The van der Waals surface area contributed by atoms with Crippen molar-refractivity contribution in [2.24, 2.45) is 5.92 Å². The number of anilines is 1. The van der Waals surface area contributed by atoms with E-state index in [9.17, 15) is 9.18 Å². The molecule has 0 radical (unpaired) electrons. The predicted molar refractivity (Wildman–Crippen MR) is 64.0 cm³/mol. The fraction of sp³-hybridized carbons (Fsp3) is 0.417. The van der Waals surface area contributed by atoms with Crippen molar-refractivity contribution in [1.82, 2.24) is 5.32 Å². The van der Waals surface area contributed by atoms with E-state index in [0.29, 0.717) is 13.0 Å². The van der Waals surface area contributed by atoms with Crippen LogP contribution in [0.3, 0.4) is 0 Å². The molecular weight excluding hydrogens is 223 g/mol. The minimum absolute atomic E-state index is 0.0825. The second kappa shape index (κ2) is 6.20. The number of halogens is 1. The number of carbonyl (C=O) groups excluding carboxylic acids is 1. The molecule has 0 saturated carbocycles. The maximum Gasteiger partial charge on any atom is 0.253 e. The molecule has 94 valence electrons. The van der Waals surface area contributed by atoms with E-state index in [1.54, 1.807) is 0 Å². The summed E-state index contributed by atoms with van der Waals surface area (Å²) in [5.74, 6) is -0.724. The first kappa shape index (κ1) is 13.4. The molecule has 0 saturated heterocycles. The number of aliphatic hydroxyl groups is 1. The van der Waals surface area contributed by atoms with Gasteiger partial charge in [0.2, 0.25) is 0 Å². The molecule has 1 aromatic rings. The van der Waals surface area contributed by atoms with E-state index >= 15 is 0 Å². The molecule has 1 aromatic carbocycles. The maximum atomic E-state index is 13.0. The van der Waals surface area contributed by atoms with E-state index in [-0.39, 0.29) is 23.8 Å². The summed E-state index contributed by atoms with van der Waals surface area (Å²) in [6.45, 7) is 2.42. The van der Waals surface area contributed by atoms with Gasteiger partial charge in [0.1, 0.15) is 5.82 Å². The van der Waals surface area contributed by atoms with Crippen LogP contribution in [0, 0.1) is 11.7 Å². The Morgan fingerprint density at radius 1 is 1.59 bits per heavy atom. The highest BCUT2D eigenvalue weighted by molar-refractivity contribution is 5.99. The van der Waals surface area contributed by atoms with E-state index in [0.717, 1.165) is 6.07 Å². The van der Waals surface area contributed by atoms with Crippen molar-refractivity contribution in [3.05, 3.63) is 29.6 Å². The smallest absolute Gasteiger partial charge is 0.253 e. The van der Waals surface area contributed by atoms with Crippen molar-refractivity contribution >= 4 is 11.6 Å². The summed E-state index contributed by atoms with van der Waals surface area (Å²) in [5, 5.41) is 11.4. The summed E-state index contributed by atoms with van der Waals surface area (Å²) in [6.07, 6.45) is 0.610. The van der Waals surface area contributed by atoms with Gasteiger partial charge in [-0.2, -0.15) is 0 Å². The predicted octanol–water partition coefficient (Wildman–Crippen LogP) is 1.16. The molecule has 0 aliphatic rings. The summed E-state index contributed by atoms with van der Waals surface area (Å²) in [7, 11) is 0. The second-order valence-corrected chi connectivity index (χ2v) is 4.06. The number of aliphatic hydroxyl groups excluding tert-OH is 1. The lowest BCUT2D eigenvalue weighted by molar-refractivity contribution is 0.0946. The third-order valence-electron chi connectivity index (χ3n) is 2.49. The first-order valence-corrected chi connectivity index (χ1v) is 5.48. The van der Waals surface area contributed by atoms with Gasteiger partial charge in [-0.05, 0) is 30.5 Å².